The Bertz CT molecular complexity index is 1440. The van der Waals surface area contributed by atoms with Gasteiger partial charge in [-0.2, -0.15) is 13.2 Å². The summed E-state index contributed by atoms with van der Waals surface area (Å²) in [5.74, 6) is 0.914. The van der Waals surface area contributed by atoms with E-state index in [1.54, 1.807) is 31.4 Å². The summed E-state index contributed by atoms with van der Waals surface area (Å²) in [6.07, 6.45) is 8.31. The first-order valence-electron chi connectivity index (χ1n) is 14.6. The van der Waals surface area contributed by atoms with Gasteiger partial charge in [0.15, 0.2) is 0 Å². The standard InChI is InChI=1S/C32H38F4N6/c1-5-42(25-8-6-7-24(16-25)31(20-30(21-31)9-10-30)28-38-37-22-40(28)4)19-27-26(32(34,35)36)15-23(17-39(27)3)18-41-13-11-29(2,33)12-14-41/h5-8,15-17,19,22H,1,9-14,18,20-21H2,2-4H3/b27-19-. The van der Waals surface area contributed by atoms with E-state index in [1.165, 1.54) is 36.2 Å². The van der Waals surface area contributed by atoms with Gasteiger partial charge in [-0.15, -0.1) is 10.2 Å². The highest BCUT2D eigenvalue weighted by atomic mass is 19.4. The van der Waals surface area contributed by atoms with E-state index in [4.69, 9.17) is 0 Å². The van der Waals surface area contributed by atoms with Crippen molar-refractivity contribution in [1.29, 1.82) is 0 Å². The molecule has 0 bridgehead atoms. The van der Waals surface area contributed by atoms with Crippen molar-refractivity contribution in [3.05, 3.63) is 90.1 Å². The third-order valence-electron chi connectivity index (χ3n) is 9.56. The molecular weight excluding hydrogens is 544 g/mol. The van der Waals surface area contributed by atoms with Crippen LogP contribution in [-0.4, -0.2) is 63.1 Å². The van der Waals surface area contributed by atoms with Gasteiger partial charge in [0, 0.05) is 58.0 Å². The maximum absolute atomic E-state index is 14.4. The Labute approximate surface area is 244 Å². The minimum atomic E-state index is -4.56. The average molecular weight is 583 g/mol. The molecule has 1 aromatic carbocycles. The van der Waals surface area contributed by atoms with Crippen LogP contribution in [0.25, 0.3) is 0 Å². The van der Waals surface area contributed by atoms with Gasteiger partial charge < -0.3 is 14.4 Å². The zero-order chi connectivity index (χ0) is 29.9. The Balaban J connectivity index is 1.29. The second kappa shape index (κ2) is 10.1. The number of alkyl halides is 4. The van der Waals surface area contributed by atoms with E-state index in [9.17, 15) is 17.6 Å². The van der Waals surface area contributed by atoms with Crippen molar-refractivity contribution in [2.75, 3.05) is 31.6 Å². The van der Waals surface area contributed by atoms with Gasteiger partial charge in [0.1, 0.15) is 17.8 Å². The Morgan fingerprint density at radius 3 is 2.40 bits per heavy atom. The van der Waals surface area contributed by atoms with Crippen molar-refractivity contribution in [3.8, 4) is 0 Å². The molecule has 3 fully saturated rings. The predicted molar refractivity (Wildman–Crippen MR) is 155 cm³/mol. The first kappa shape index (κ1) is 28.7. The monoisotopic (exact) mass is 582 g/mol. The number of halogens is 4. The summed E-state index contributed by atoms with van der Waals surface area (Å²) in [7, 11) is 3.58. The molecule has 1 aromatic heterocycles. The summed E-state index contributed by atoms with van der Waals surface area (Å²) >= 11 is 0. The fourth-order valence-corrected chi connectivity index (χ4v) is 7.01. The topological polar surface area (TPSA) is 40.4 Å². The van der Waals surface area contributed by atoms with Crippen molar-refractivity contribution < 1.29 is 17.6 Å². The van der Waals surface area contributed by atoms with Crippen LogP contribution in [0.3, 0.4) is 0 Å². The van der Waals surface area contributed by atoms with Crippen LogP contribution >= 0.6 is 0 Å². The fourth-order valence-electron chi connectivity index (χ4n) is 7.01. The van der Waals surface area contributed by atoms with Crippen LogP contribution in [0.4, 0.5) is 23.2 Å². The van der Waals surface area contributed by atoms with Gasteiger partial charge in [0.05, 0.1) is 16.7 Å². The maximum Gasteiger partial charge on any atom is 0.418 e. The molecular formula is C32H38F4N6. The molecule has 1 saturated heterocycles. The summed E-state index contributed by atoms with van der Waals surface area (Å²) in [4.78, 5) is 5.18. The first-order chi connectivity index (χ1) is 19.8. The Hall–Kier alpha value is -3.40. The van der Waals surface area contributed by atoms with Crippen molar-refractivity contribution >= 4 is 5.69 Å². The predicted octanol–water partition coefficient (Wildman–Crippen LogP) is 6.61. The Morgan fingerprint density at radius 2 is 1.81 bits per heavy atom. The van der Waals surface area contributed by atoms with Gasteiger partial charge in [0.2, 0.25) is 0 Å². The summed E-state index contributed by atoms with van der Waals surface area (Å²) < 4.78 is 59.5. The fraction of sp³-hybridized carbons (Fsp3) is 0.500. The lowest BCUT2D eigenvalue weighted by Crippen LogP contribution is -2.45. The SMILES string of the molecule is C=CN(/C=C1/C(C(F)(F)F)=CC(CN2CCC(C)(F)CC2)=CN1C)c1cccc(C2(c3nncn3C)CC3(CC3)C2)c1. The van der Waals surface area contributed by atoms with Crippen LogP contribution in [0.15, 0.2) is 78.7 Å². The summed E-state index contributed by atoms with van der Waals surface area (Å²) in [5.41, 5.74) is 0.537. The number of anilines is 1. The molecule has 2 saturated carbocycles. The van der Waals surface area contributed by atoms with Gasteiger partial charge in [-0.05, 0) is 80.2 Å². The van der Waals surface area contributed by atoms with Gasteiger partial charge in [0.25, 0.3) is 0 Å². The zero-order valence-corrected chi connectivity index (χ0v) is 24.5. The molecule has 0 radical (unpaired) electrons. The molecule has 10 heteroatoms. The Kier molecular flexibility index (Phi) is 6.91. The van der Waals surface area contributed by atoms with Crippen molar-refractivity contribution in [2.24, 2.45) is 12.5 Å². The summed E-state index contributed by atoms with van der Waals surface area (Å²) in [6.45, 7) is 6.89. The number of hydrogen-bond acceptors (Lipinski definition) is 5. The van der Waals surface area contributed by atoms with E-state index < -0.39 is 17.4 Å². The minimum absolute atomic E-state index is 0.0233. The van der Waals surface area contributed by atoms with Crippen molar-refractivity contribution in [1.82, 2.24) is 24.6 Å². The van der Waals surface area contributed by atoms with Crippen LogP contribution in [-0.2, 0) is 12.5 Å². The molecule has 6 rings (SSSR count). The highest BCUT2D eigenvalue weighted by Gasteiger charge is 2.63. The molecule has 4 aliphatic rings. The van der Waals surface area contributed by atoms with E-state index in [1.807, 2.05) is 34.7 Å². The largest absolute Gasteiger partial charge is 0.418 e. The van der Waals surface area contributed by atoms with Gasteiger partial charge in [-0.1, -0.05) is 18.7 Å². The van der Waals surface area contributed by atoms with E-state index in [-0.39, 0.29) is 11.1 Å². The van der Waals surface area contributed by atoms with E-state index in [0.717, 1.165) is 29.9 Å². The molecule has 1 spiro atoms. The molecule has 2 aliphatic carbocycles. The highest BCUT2D eigenvalue weighted by Crippen LogP contribution is 2.70. The lowest BCUT2D eigenvalue weighted by Gasteiger charge is -2.48. The molecule has 0 atom stereocenters. The van der Waals surface area contributed by atoms with Crippen molar-refractivity contribution in [2.45, 2.75) is 62.7 Å². The van der Waals surface area contributed by atoms with Crippen LogP contribution in [0, 0.1) is 5.41 Å². The van der Waals surface area contributed by atoms with E-state index >= 15 is 0 Å². The number of hydrogen-bond donors (Lipinski definition) is 0. The molecule has 2 aromatic rings. The minimum Gasteiger partial charge on any atom is -0.349 e. The van der Waals surface area contributed by atoms with Crippen LogP contribution in [0.2, 0.25) is 0 Å². The van der Waals surface area contributed by atoms with Crippen molar-refractivity contribution in [3.63, 3.8) is 0 Å². The maximum atomic E-state index is 14.4. The molecule has 6 nitrogen and oxygen atoms in total. The molecule has 0 unspecified atom stereocenters. The van der Waals surface area contributed by atoms with E-state index in [2.05, 4.69) is 22.8 Å². The summed E-state index contributed by atoms with van der Waals surface area (Å²) in [5, 5.41) is 8.61. The van der Waals surface area contributed by atoms with Crippen LogP contribution in [0.5, 0.6) is 0 Å². The number of nitrogens with zero attached hydrogens (tertiary/aromatic N) is 6. The van der Waals surface area contributed by atoms with Crippen LogP contribution < -0.4 is 4.90 Å². The molecule has 0 amide bonds. The number of likely N-dealkylation sites (tertiary alicyclic amines) is 1. The van der Waals surface area contributed by atoms with E-state index in [0.29, 0.717) is 43.5 Å². The van der Waals surface area contributed by atoms with Gasteiger partial charge in [-0.3, -0.25) is 4.90 Å². The number of rotatable bonds is 7. The van der Waals surface area contributed by atoms with Gasteiger partial charge in [-0.25, -0.2) is 4.39 Å². The second-order valence-electron chi connectivity index (χ2n) is 12.9. The number of aromatic nitrogens is 3. The first-order valence-corrected chi connectivity index (χ1v) is 14.6. The normalized spacial score (nSPS) is 23.8. The lowest BCUT2D eigenvalue weighted by atomic mass is 9.56. The number of aryl methyl sites for hydroxylation is 1. The smallest absolute Gasteiger partial charge is 0.349 e. The Morgan fingerprint density at radius 1 is 1.10 bits per heavy atom. The molecule has 0 N–H and O–H groups in total. The zero-order valence-electron chi connectivity index (χ0n) is 24.5. The number of allylic oxidation sites excluding steroid dienone is 1. The second-order valence-corrected chi connectivity index (χ2v) is 12.9. The highest BCUT2D eigenvalue weighted by molar-refractivity contribution is 5.59. The number of likely N-dealkylation sites (N-methyl/N-ethyl adjacent to an activating group) is 1. The van der Waals surface area contributed by atoms with Crippen LogP contribution in [0.1, 0.15) is 56.8 Å². The number of benzene rings is 1. The lowest BCUT2D eigenvalue weighted by molar-refractivity contribution is -0.0912. The third kappa shape index (κ3) is 5.29. The number of piperidine rings is 1. The molecule has 2 aliphatic heterocycles. The molecule has 224 valence electrons. The molecule has 3 heterocycles. The average Bonchev–Trinajstić information content (AvgIpc) is 3.59. The quantitative estimate of drug-likeness (QED) is 0.344. The van der Waals surface area contributed by atoms with Gasteiger partial charge >= 0.3 is 6.18 Å². The third-order valence-corrected chi connectivity index (χ3v) is 9.56. The molecule has 42 heavy (non-hydrogen) atoms. The summed E-state index contributed by atoms with van der Waals surface area (Å²) in [6, 6.07) is 7.95.